The van der Waals surface area contributed by atoms with Gasteiger partial charge in [0, 0.05) is 15.6 Å². The van der Waals surface area contributed by atoms with Gasteiger partial charge < -0.3 is 0 Å². The fourth-order valence-electron chi connectivity index (χ4n) is 0.689. The molecule has 4 heteroatoms. The summed E-state index contributed by atoms with van der Waals surface area (Å²) in [7, 11) is 0. The predicted molar refractivity (Wildman–Crippen MR) is 44.7 cm³/mol. The van der Waals surface area contributed by atoms with Gasteiger partial charge in [-0.25, -0.2) is 0 Å². The molecule has 1 aromatic rings. The maximum Gasteiger partial charge on any atom is 0.0442 e. The summed E-state index contributed by atoms with van der Waals surface area (Å²) < 4.78 is 0. The molecule has 0 fully saturated rings. The molecule has 55 valence electrons. The number of hydrogen-bond donors (Lipinski definition) is 0. The zero-order valence-corrected chi connectivity index (χ0v) is 6.41. The molecule has 0 saturated carbocycles. The normalized spacial score (nSPS) is 8.91. The van der Waals surface area contributed by atoms with E-state index in [1.54, 1.807) is 18.2 Å². The highest BCUT2D eigenvalue weighted by Gasteiger charge is 1.97. The molecule has 0 aliphatic carbocycles. The maximum absolute atomic E-state index is 8.12. The van der Waals surface area contributed by atoms with Crippen molar-refractivity contribution in [2.75, 3.05) is 0 Å². The van der Waals surface area contributed by atoms with Gasteiger partial charge in [0.2, 0.25) is 0 Å². The summed E-state index contributed by atoms with van der Waals surface area (Å²) in [6.07, 6.45) is 0. The number of azide groups is 1. The molecule has 0 unspecified atom stereocenters. The van der Waals surface area contributed by atoms with Crippen LogP contribution in [0.15, 0.2) is 23.3 Å². The number of hydrogen-bond acceptors (Lipinski definition) is 1. The molecule has 1 radical (unpaired) electrons. The van der Waals surface area contributed by atoms with Crippen molar-refractivity contribution in [1.82, 2.24) is 0 Å². The lowest BCUT2D eigenvalue weighted by Crippen LogP contribution is -1.73. The minimum Gasteiger partial charge on any atom is -0.0840 e. The summed E-state index contributed by atoms with van der Waals surface area (Å²) in [5.41, 5.74) is 9.16. The summed E-state index contributed by atoms with van der Waals surface area (Å²) in [5, 5.41) is 3.91. The zero-order chi connectivity index (χ0) is 8.27. The molecule has 0 spiro atoms. The molecule has 0 heterocycles. The van der Waals surface area contributed by atoms with Crippen molar-refractivity contribution in [2.45, 2.75) is 0 Å². The first-order valence-corrected chi connectivity index (χ1v) is 3.29. The topological polar surface area (TPSA) is 48.8 Å². The van der Waals surface area contributed by atoms with Crippen LogP contribution in [0.4, 0.5) is 5.69 Å². The predicted octanol–water partition coefficient (Wildman–Crippen LogP) is 3.46. The number of nitrogens with zero attached hydrogens (tertiary/aromatic N) is 3. The Hall–Kier alpha value is -1.18. The second-order valence-electron chi connectivity index (χ2n) is 1.93. The third kappa shape index (κ3) is 1.64. The van der Waals surface area contributed by atoms with E-state index < -0.39 is 0 Å². The summed E-state index contributed by atoms with van der Waals surface area (Å²) in [6, 6.07) is 5.06. The SMILES string of the molecule is [CH2]c1c(Cl)cccc1N=[N+]=[N-]. The van der Waals surface area contributed by atoms with Gasteiger partial charge in [0.25, 0.3) is 0 Å². The molecule has 3 nitrogen and oxygen atoms in total. The minimum absolute atomic E-state index is 0.472. The smallest absolute Gasteiger partial charge is 0.0442 e. The Morgan fingerprint density at radius 2 is 2.27 bits per heavy atom. The second kappa shape index (κ2) is 3.28. The first kappa shape index (κ1) is 7.92. The van der Waals surface area contributed by atoms with E-state index in [0.717, 1.165) is 0 Å². The van der Waals surface area contributed by atoms with E-state index in [9.17, 15) is 0 Å². The van der Waals surface area contributed by atoms with Crippen LogP contribution in [-0.4, -0.2) is 0 Å². The first-order chi connectivity index (χ1) is 5.25. The van der Waals surface area contributed by atoms with Crippen molar-refractivity contribution in [3.05, 3.63) is 46.2 Å². The molecule has 1 aromatic carbocycles. The highest BCUT2D eigenvalue weighted by Crippen LogP contribution is 2.25. The Morgan fingerprint density at radius 3 is 2.91 bits per heavy atom. The summed E-state index contributed by atoms with van der Waals surface area (Å²) >= 11 is 5.70. The fraction of sp³-hybridized carbons (Fsp3) is 0. The monoisotopic (exact) mass is 166 g/mol. The van der Waals surface area contributed by atoms with E-state index >= 15 is 0 Å². The van der Waals surface area contributed by atoms with Gasteiger partial charge in [-0.1, -0.05) is 28.8 Å². The number of benzene rings is 1. The van der Waals surface area contributed by atoms with E-state index in [1.165, 1.54) is 0 Å². The molecule has 0 bridgehead atoms. The number of halogens is 1. The van der Waals surface area contributed by atoms with Crippen LogP contribution in [0.3, 0.4) is 0 Å². The lowest BCUT2D eigenvalue weighted by molar-refractivity contribution is 1.44. The Kier molecular flexibility index (Phi) is 2.36. The molecule has 0 aliphatic heterocycles. The molecule has 1 rings (SSSR count). The molecule has 11 heavy (non-hydrogen) atoms. The van der Waals surface area contributed by atoms with Crippen LogP contribution in [0, 0.1) is 6.92 Å². The van der Waals surface area contributed by atoms with Crippen molar-refractivity contribution < 1.29 is 0 Å². The lowest BCUT2D eigenvalue weighted by Gasteiger charge is -1.98. The van der Waals surface area contributed by atoms with Gasteiger partial charge >= 0.3 is 0 Å². The van der Waals surface area contributed by atoms with Crippen LogP contribution in [-0.2, 0) is 0 Å². The van der Waals surface area contributed by atoms with Gasteiger partial charge in [-0.15, -0.1) is 0 Å². The second-order valence-corrected chi connectivity index (χ2v) is 2.33. The highest BCUT2D eigenvalue weighted by atomic mass is 35.5. The Balaban J connectivity index is 3.26. The van der Waals surface area contributed by atoms with Gasteiger partial charge in [0.05, 0.1) is 0 Å². The van der Waals surface area contributed by atoms with E-state index in [0.29, 0.717) is 16.3 Å². The van der Waals surface area contributed by atoms with Crippen LogP contribution in [0.25, 0.3) is 10.4 Å². The lowest BCUT2D eigenvalue weighted by atomic mass is 10.2. The Labute approximate surface area is 69.2 Å². The molecule has 0 aliphatic rings. The molecule has 0 amide bonds. The fourth-order valence-corrected chi connectivity index (χ4v) is 0.859. The van der Waals surface area contributed by atoms with Crippen molar-refractivity contribution >= 4 is 17.3 Å². The minimum atomic E-state index is 0.472. The third-order valence-electron chi connectivity index (χ3n) is 1.25. The van der Waals surface area contributed by atoms with Crippen LogP contribution < -0.4 is 0 Å². The largest absolute Gasteiger partial charge is 0.0840 e. The van der Waals surface area contributed by atoms with Crippen LogP contribution in [0.5, 0.6) is 0 Å². The maximum atomic E-state index is 8.12. The Morgan fingerprint density at radius 1 is 1.55 bits per heavy atom. The summed E-state index contributed by atoms with van der Waals surface area (Å²) in [5.74, 6) is 0. The van der Waals surface area contributed by atoms with Crippen LogP contribution >= 0.6 is 11.6 Å². The third-order valence-corrected chi connectivity index (χ3v) is 1.60. The van der Waals surface area contributed by atoms with Crippen molar-refractivity contribution in [1.29, 1.82) is 0 Å². The van der Waals surface area contributed by atoms with E-state index in [2.05, 4.69) is 16.9 Å². The van der Waals surface area contributed by atoms with Gasteiger partial charge in [-0.3, -0.25) is 0 Å². The molecular weight excluding hydrogens is 162 g/mol. The number of rotatable bonds is 1. The van der Waals surface area contributed by atoms with Crippen LogP contribution in [0.2, 0.25) is 5.02 Å². The average Bonchev–Trinajstić information content (AvgIpc) is 1.99. The highest BCUT2D eigenvalue weighted by molar-refractivity contribution is 6.31. The molecule has 0 N–H and O–H groups in total. The van der Waals surface area contributed by atoms with Crippen molar-refractivity contribution in [2.24, 2.45) is 5.11 Å². The summed E-state index contributed by atoms with van der Waals surface area (Å²) in [6.45, 7) is 3.64. The molecular formula is C7H5ClN3. The zero-order valence-electron chi connectivity index (χ0n) is 5.66. The molecule has 0 atom stereocenters. The van der Waals surface area contributed by atoms with E-state index in [4.69, 9.17) is 17.1 Å². The average molecular weight is 167 g/mol. The summed E-state index contributed by atoms with van der Waals surface area (Å²) in [4.78, 5) is 2.63. The van der Waals surface area contributed by atoms with Gasteiger partial charge in [-0.2, -0.15) is 0 Å². The van der Waals surface area contributed by atoms with E-state index in [1.807, 2.05) is 0 Å². The van der Waals surface area contributed by atoms with Crippen LogP contribution in [0.1, 0.15) is 5.56 Å². The van der Waals surface area contributed by atoms with Gasteiger partial charge in [-0.05, 0) is 24.1 Å². The first-order valence-electron chi connectivity index (χ1n) is 2.91. The van der Waals surface area contributed by atoms with Crippen molar-refractivity contribution in [3.8, 4) is 0 Å². The standard InChI is InChI=1S/C7H5ClN3/c1-5-6(8)3-2-4-7(5)10-11-9/h2-4H,1H2. The quantitative estimate of drug-likeness (QED) is 0.349. The Bertz CT molecular complexity index is 315. The van der Waals surface area contributed by atoms with E-state index in [-0.39, 0.29) is 0 Å². The van der Waals surface area contributed by atoms with Gasteiger partial charge in [0.1, 0.15) is 0 Å². The van der Waals surface area contributed by atoms with Crippen molar-refractivity contribution in [3.63, 3.8) is 0 Å². The molecule has 0 saturated heterocycles. The van der Waals surface area contributed by atoms with Gasteiger partial charge in [0.15, 0.2) is 0 Å². The molecule has 0 aromatic heterocycles.